The molecule has 2 rings (SSSR count). The van der Waals surface area contributed by atoms with Gasteiger partial charge in [0.15, 0.2) is 0 Å². The van der Waals surface area contributed by atoms with Crippen molar-refractivity contribution in [2.45, 2.75) is 40.4 Å². The van der Waals surface area contributed by atoms with Crippen LogP contribution < -0.4 is 4.74 Å². The molecule has 0 atom stereocenters. The zero-order valence-electron chi connectivity index (χ0n) is 15.9. The Kier molecular flexibility index (Phi) is 7.04. The van der Waals surface area contributed by atoms with Gasteiger partial charge in [0.25, 0.3) is 0 Å². The molecule has 0 aliphatic rings. The third kappa shape index (κ3) is 5.87. The zero-order chi connectivity index (χ0) is 20.0. The van der Waals surface area contributed by atoms with Crippen molar-refractivity contribution in [2.24, 2.45) is 0 Å². The first-order chi connectivity index (χ1) is 12.8. The van der Waals surface area contributed by atoms with Crippen LogP contribution in [0.2, 0.25) is 5.02 Å². The first kappa shape index (κ1) is 20.5. The minimum absolute atomic E-state index is 0.0276. The lowest BCUT2D eigenvalue weighted by Gasteiger charge is -2.12. The molecule has 0 saturated heterocycles. The largest absolute Gasteiger partial charge is 0.489 e. The second kappa shape index (κ2) is 9.25. The number of hydrogen-bond acceptors (Lipinski definition) is 4. The molecule has 0 spiro atoms. The van der Waals surface area contributed by atoms with Crippen molar-refractivity contribution in [1.82, 2.24) is 0 Å². The maximum absolute atomic E-state index is 12.0. The predicted molar refractivity (Wildman–Crippen MR) is 107 cm³/mol. The molecule has 2 aromatic rings. The van der Waals surface area contributed by atoms with Gasteiger partial charge in [-0.1, -0.05) is 17.7 Å². The van der Waals surface area contributed by atoms with Crippen molar-refractivity contribution in [2.75, 3.05) is 0 Å². The van der Waals surface area contributed by atoms with Crippen LogP contribution in [-0.2, 0) is 16.1 Å². The third-order valence-electron chi connectivity index (χ3n) is 3.92. The van der Waals surface area contributed by atoms with E-state index in [9.17, 15) is 10.1 Å². The van der Waals surface area contributed by atoms with E-state index in [2.05, 4.69) is 0 Å². The number of halogens is 1. The Bertz CT molecular complexity index is 893. The lowest BCUT2D eigenvalue weighted by atomic mass is 9.98. The number of esters is 1. The number of nitrogens with zero attached hydrogens (tertiary/aromatic N) is 1. The van der Waals surface area contributed by atoms with Gasteiger partial charge in [-0.3, -0.25) is 0 Å². The Hall–Kier alpha value is -2.77. The van der Waals surface area contributed by atoms with Gasteiger partial charge in [-0.2, -0.15) is 5.26 Å². The molecule has 0 aliphatic carbocycles. The van der Waals surface area contributed by atoms with Crippen molar-refractivity contribution in [1.29, 1.82) is 5.26 Å². The van der Waals surface area contributed by atoms with E-state index in [0.29, 0.717) is 11.6 Å². The molecule has 4 nitrogen and oxygen atoms in total. The Morgan fingerprint density at radius 3 is 2.44 bits per heavy atom. The van der Waals surface area contributed by atoms with Crippen LogP contribution in [0.25, 0.3) is 6.08 Å². The van der Waals surface area contributed by atoms with Crippen molar-refractivity contribution >= 4 is 23.6 Å². The Morgan fingerprint density at radius 2 is 1.85 bits per heavy atom. The second-order valence-corrected chi connectivity index (χ2v) is 6.94. The number of hydrogen-bond donors (Lipinski definition) is 0. The average Bonchev–Trinajstić information content (AvgIpc) is 2.61. The van der Waals surface area contributed by atoms with Gasteiger partial charge in [-0.25, -0.2) is 4.79 Å². The summed E-state index contributed by atoms with van der Waals surface area (Å²) in [5, 5.41) is 9.96. The second-order valence-electron chi connectivity index (χ2n) is 6.50. The van der Waals surface area contributed by atoms with Crippen LogP contribution >= 0.6 is 11.6 Å². The van der Waals surface area contributed by atoms with Gasteiger partial charge in [-0.15, -0.1) is 0 Å². The highest BCUT2D eigenvalue weighted by Crippen LogP contribution is 2.22. The molecular weight excluding hydrogens is 362 g/mol. The molecule has 27 heavy (non-hydrogen) atoms. The monoisotopic (exact) mass is 383 g/mol. The minimum Gasteiger partial charge on any atom is -0.489 e. The summed E-state index contributed by atoms with van der Waals surface area (Å²) in [5.41, 5.74) is 3.76. The SMILES string of the molecule is Cc1cc(C)c(COc2ccc(Cl)cc2)cc1/C=C(\C#N)C(=O)OC(C)C. The minimum atomic E-state index is -0.619. The van der Waals surface area contributed by atoms with E-state index in [1.165, 1.54) is 0 Å². The summed E-state index contributed by atoms with van der Waals surface area (Å²) >= 11 is 5.89. The van der Waals surface area contributed by atoms with Gasteiger partial charge in [0.1, 0.15) is 24.0 Å². The molecule has 0 N–H and O–H groups in total. The van der Waals surface area contributed by atoms with E-state index in [1.807, 2.05) is 44.2 Å². The van der Waals surface area contributed by atoms with Gasteiger partial charge in [-0.05, 0) is 86.4 Å². The molecule has 0 fully saturated rings. The number of nitriles is 1. The predicted octanol–water partition coefficient (Wildman–Crippen LogP) is 5.39. The standard InChI is InChI=1S/C22H22ClNO3/c1-14(2)27-22(25)18(12-24)10-17-11-19(16(4)9-15(17)3)13-26-21-7-5-20(23)6-8-21/h5-11,14H,13H2,1-4H3/b18-10+. The highest BCUT2D eigenvalue weighted by molar-refractivity contribution is 6.30. The molecule has 0 amide bonds. The molecule has 5 heteroatoms. The first-order valence-corrected chi connectivity index (χ1v) is 8.99. The summed E-state index contributed by atoms with van der Waals surface area (Å²) in [6.45, 7) is 7.80. The Labute approximate surface area is 165 Å². The van der Waals surface area contributed by atoms with E-state index in [1.54, 1.807) is 32.1 Å². The van der Waals surface area contributed by atoms with Crippen LogP contribution in [0.15, 0.2) is 42.0 Å². The maximum Gasteiger partial charge on any atom is 0.349 e. The molecule has 0 bridgehead atoms. The summed E-state index contributed by atoms with van der Waals surface area (Å²) in [4.78, 5) is 12.0. The Morgan fingerprint density at radius 1 is 1.19 bits per heavy atom. The van der Waals surface area contributed by atoms with Crippen LogP contribution in [0.1, 0.15) is 36.1 Å². The van der Waals surface area contributed by atoms with Gasteiger partial charge in [0.05, 0.1) is 6.10 Å². The number of aryl methyl sites for hydroxylation is 2. The molecule has 0 heterocycles. The van der Waals surface area contributed by atoms with Crippen LogP contribution in [-0.4, -0.2) is 12.1 Å². The van der Waals surface area contributed by atoms with Crippen LogP contribution in [0.3, 0.4) is 0 Å². The highest BCUT2D eigenvalue weighted by Gasteiger charge is 2.14. The third-order valence-corrected chi connectivity index (χ3v) is 4.17. The number of rotatable bonds is 6. The van der Waals surface area contributed by atoms with E-state index in [0.717, 1.165) is 28.0 Å². The quantitative estimate of drug-likeness (QED) is 0.381. The van der Waals surface area contributed by atoms with Gasteiger partial charge >= 0.3 is 5.97 Å². The van der Waals surface area contributed by atoms with Crippen LogP contribution in [0, 0.1) is 25.2 Å². The molecular formula is C22H22ClNO3. The smallest absolute Gasteiger partial charge is 0.349 e. The molecule has 0 aliphatic heterocycles. The van der Waals surface area contributed by atoms with Crippen molar-refractivity contribution in [3.63, 3.8) is 0 Å². The molecule has 0 saturated carbocycles. The topological polar surface area (TPSA) is 59.3 Å². The molecule has 0 radical (unpaired) electrons. The summed E-state index contributed by atoms with van der Waals surface area (Å²) in [6, 6.07) is 13.0. The molecule has 2 aromatic carbocycles. The molecule has 0 unspecified atom stereocenters. The molecule has 140 valence electrons. The number of carbonyl (C=O) groups excluding carboxylic acids is 1. The number of carbonyl (C=O) groups is 1. The Balaban J connectivity index is 2.26. The van der Waals surface area contributed by atoms with Gasteiger partial charge in [0, 0.05) is 5.02 Å². The summed E-state index contributed by atoms with van der Waals surface area (Å²) < 4.78 is 10.9. The van der Waals surface area contributed by atoms with Crippen molar-refractivity contribution in [3.05, 3.63) is 69.2 Å². The van der Waals surface area contributed by atoms with Crippen LogP contribution in [0.4, 0.5) is 0 Å². The summed E-state index contributed by atoms with van der Waals surface area (Å²) in [7, 11) is 0. The number of benzene rings is 2. The fourth-order valence-corrected chi connectivity index (χ4v) is 2.61. The lowest BCUT2D eigenvalue weighted by Crippen LogP contribution is -2.12. The fourth-order valence-electron chi connectivity index (χ4n) is 2.49. The molecule has 0 aromatic heterocycles. The van der Waals surface area contributed by atoms with Crippen molar-refractivity contribution < 1.29 is 14.3 Å². The van der Waals surface area contributed by atoms with Crippen LogP contribution in [0.5, 0.6) is 5.75 Å². The maximum atomic E-state index is 12.0. The van der Waals surface area contributed by atoms with E-state index >= 15 is 0 Å². The van der Waals surface area contributed by atoms with Crippen molar-refractivity contribution in [3.8, 4) is 11.8 Å². The normalized spacial score (nSPS) is 11.2. The van der Waals surface area contributed by atoms with E-state index < -0.39 is 5.97 Å². The fraction of sp³-hybridized carbons (Fsp3) is 0.273. The zero-order valence-corrected chi connectivity index (χ0v) is 16.6. The summed E-state index contributed by atoms with van der Waals surface area (Å²) in [6.07, 6.45) is 1.28. The van der Waals surface area contributed by atoms with Gasteiger partial charge in [0.2, 0.25) is 0 Å². The number of ether oxygens (including phenoxy) is 2. The first-order valence-electron chi connectivity index (χ1n) is 8.61. The highest BCUT2D eigenvalue weighted by atomic mass is 35.5. The summed E-state index contributed by atoms with van der Waals surface area (Å²) in [5.74, 6) is 0.0983. The van der Waals surface area contributed by atoms with E-state index in [-0.39, 0.29) is 11.7 Å². The van der Waals surface area contributed by atoms with E-state index in [4.69, 9.17) is 21.1 Å². The van der Waals surface area contributed by atoms with Gasteiger partial charge < -0.3 is 9.47 Å². The lowest BCUT2D eigenvalue weighted by molar-refractivity contribution is -0.142. The average molecular weight is 384 g/mol.